The second kappa shape index (κ2) is 14.2. The van der Waals surface area contributed by atoms with Crippen LogP contribution >= 0.6 is 0 Å². The molecule has 0 saturated carbocycles. The lowest BCUT2D eigenvalue weighted by atomic mass is 10.3. The molecule has 0 spiro atoms. The van der Waals surface area contributed by atoms with Crippen molar-refractivity contribution in [2.75, 3.05) is 73.0 Å². The van der Waals surface area contributed by atoms with E-state index in [4.69, 9.17) is 0 Å². The van der Waals surface area contributed by atoms with E-state index in [2.05, 4.69) is 74.0 Å². The molecule has 0 fully saturated rings. The number of likely N-dealkylation sites (N-methyl/N-ethyl adjacent to an activating group) is 2. The second-order valence-corrected chi connectivity index (χ2v) is 7.10. The Hall–Kier alpha value is -0.200. The molecule has 2 N–H and O–H groups in total. The van der Waals surface area contributed by atoms with Crippen molar-refractivity contribution in [1.29, 1.82) is 0 Å². The van der Waals surface area contributed by atoms with Gasteiger partial charge in [0.25, 0.3) is 0 Å². The normalized spacial score (nSPS) is 12.5. The highest BCUT2D eigenvalue weighted by atomic mass is 15.2. The summed E-state index contributed by atoms with van der Waals surface area (Å²) in [7, 11) is 4.36. The average Bonchev–Trinajstić information content (AvgIpc) is 2.51. The van der Waals surface area contributed by atoms with E-state index in [-0.39, 0.29) is 0 Å². The molecule has 0 radical (unpaired) electrons. The fraction of sp³-hybridized carbons (Fsp3) is 1.00. The molecule has 0 aliphatic carbocycles. The fourth-order valence-electron chi connectivity index (χ4n) is 2.27. The lowest BCUT2D eigenvalue weighted by Gasteiger charge is -2.27. The Kier molecular flexibility index (Phi) is 14.0. The summed E-state index contributed by atoms with van der Waals surface area (Å²) in [6.45, 7) is 21.2. The molecule has 0 unspecified atom stereocenters. The van der Waals surface area contributed by atoms with Gasteiger partial charge in [0.15, 0.2) is 0 Å². The lowest BCUT2D eigenvalue weighted by molar-refractivity contribution is 0.217. The van der Waals surface area contributed by atoms with Crippen LogP contribution < -0.4 is 10.6 Å². The van der Waals surface area contributed by atoms with E-state index < -0.39 is 0 Å². The molecule has 0 aromatic rings. The van der Waals surface area contributed by atoms with Gasteiger partial charge in [-0.1, -0.05) is 6.92 Å². The van der Waals surface area contributed by atoms with Crippen LogP contribution in [0.5, 0.6) is 0 Å². The van der Waals surface area contributed by atoms with Gasteiger partial charge in [-0.25, -0.2) is 0 Å². The molecule has 0 aliphatic heterocycles. The topological polar surface area (TPSA) is 33.8 Å². The van der Waals surface area contributed by atoms with Crippen LogP contribution in [0.4, 0.5) is 0 Å². The minimum Gasteiger partial charge on any atom is -0.314 e. The first kappa shape index (κ1) is 22.8. The van der Waals surface area contributed by atoms with Gasteiger partial charge < -0.3 is 20.4 Å². The van der Waals surface area contributed by atoms with Gasteiger partial charge in [-0.2, -0.15) is 0 Å². The van der Waals surface area contributed by atoms with Crippen LogP contribution in [0, 0.1) is 0 Å². The van der Waals surface area contributed by atoms with Gasteiger partial charge in [-0.3, -0.25) is 4.90 Å². The summed E-state index contributed by atoms with van der Waals surface area (Å²) in [4.78, 5) is 7.27. The largest absolute Gasteiger partial charge is 0.314 e. The van der Waals surface area contributed by atoms with Crippen LogP contribution in [0.1, 0.15) is 34.6 Å². The molecule has 5 nitrogen and oxygen atoms in total. The van der Waals surface area contributed by atoms with Crippen molar-refractivity contribution >= 4 is 0 Å². The van der Waals surface area contributed by atoms with E-state index in [1.807, 2.05) is 0 Å². The number of nitrogens with zero attached hydrogens (tertiary/aromatic N) is 3. The van der Waals surface area contributed by atoms with Crippen LogP contribution in [0.25, 0.3) is 0 Å². The van der Waals surface area contributed by atoms with Gasteiger partial charge in [0.05, 0.1) is 0 Å². The van der Waals surface area contributed by atoms with Crippen molar-refractivity contribution in [3.05, 3.63) is 0 Å². The van der Waals surface area contributed by atoms with Gasteiger partial charge in [0.2, 0.25) is 0 Å². The summed E-state index contributed by atoms with van der Waals surface area (Å²) in [6.07, 6.45) is 0. The van der Waals surface area contributed by atoms with Crippen LogP contribution in [0.3, 0.4) is 0 Å². The average molecular weight is 330 g/mol. The van der Waals surface area contributed by atoms with E-state index in [1.54, 1.807) is 0 Å². The highest BCUT2D eigenvalue weighted by molar-refractivity contribution is 4.67. The minimum atomic E-state index is 0.607. The molecule has 0 amide bonds. The maximum atomic E-state index is 3.57. The first-order valence-corrected chi connectivity index (χ1v) is 9.42. The van der Waals surface area contributed by atoms with Crippen molar-refractivity contribution in [1.82, 2.24) is 25.3 Å². The summed E-state index contributed by atoms with van der Waals surface area (Å²) >= 11 is 0. The maximum Gasteiger partial charge on any atom is 0.0110 e. The third-order valence-corrected chi connectivity index (χ3v) is 4.61. The molecule has 0 aliphatic rings. The first-order chi connectivity index (χ1) is 10.9. The molecule has 0 bridgehead atoms. The standard InChI is InChI=1S/C18H43N5/c1-8-21(6)13-9-19-11-15-23(18(4)5)16-12-20-10-14-22(7)17(2)3/h17-20H,8-16H2,1-7H3. The van der Waals surface area contributed by atoms with Crippen LogP contribution in [-0.4, -0.2) is 99.8 Å². The van der Waals surface area contributed by atoms with E-state index in [9.17, 15) is 0 Å². The van der Waals surface area contributed by atoms with Gasteiger partial charge in [-0.15, -0.1) is 0 Å². The van der Waals surface area contributed by atoms with Gasteiger partial charge in [0, 0.05) is 64.4 Å². The second-order valence-electron chi connectivity index (χ2n) is 7.10. The Balaban J connectivity index is 3.70. The Morgan fingerprint density at radius 1 is 0.696 bits per heavy atom. The van der Waals surface area contributed by atoms with E-state index in [0.717, 1.165) is 58.9 Å². The molecule has 0 aromatic carbocycles. The molecule has 140 valence electrons. The van der Waals surface area contributed by atoms with Crippen LogP contribution in [-0.2, 0) is 0 Å². The van der Waals surface area contributed by atoms with Crippen molar-refractivity contribution in [3.63, 3.8) is 0 Å². The highest BCUT2D eigenvalue weighted by Gasteiger charge is 2.08. The summed E-state index contributed by atoms with van der Waals surface area (Å²) < 4.78 is 0. The predicted molar refractivity (Wildman–Crippen MR) is 103 cm³/mol. The van der Waals surface area contributed by atoms with Crippen molar-refractivity contribution in [2.24, 2.45) is 0 Å². The Bertz CT molecular complexity index is 258. The predicted octanol–water partition coefficient (Wildman–Crippen LogP) is 1.17. The van der Waals surface area contributed by atoms with Gasteiger partial charge in [-0.05, 0) is 48.3 Å². The monoisotopic (exact) mass is 329 g/mol. The zero-order valence-corrected chi connectivity index (χ0v) is 16.9. The number of hydrogen-bond acceptors (Lipinski definition) is 5. The highest BCUT2D eigenvalue weighted by Crippen LogP contribution is 1.96. The van der Waals surface area contributed by atoms with Crippen LogP contribution in [0.15, 0.2) is 0 Å². The quantitative estimate of drug-likeness (QED) is 0.441. The van der Waals surface area contributed by atoms with E-state index in [1.165, 1.54) is 0 Å². The third-order valence-electron chi connectivity index (χ3n) is 4.61. The molecule has 0 heterocycles. The zero-order valence-electron chi connectivity index (χ0n) is 16.9. The minimum absolute atomic E-state index is 0.607. The summed E-state index contributed by atoms with van der Waals surface area (Å²) in [5, 5.41) is 7.12. The molecule has 5 heteroatoms. The van der Waals surface area contributed by atoms with Gasteiger partial charge in [0.1, 0.15) is 0 Å². The molecule has 0 rings (SSSR count). The molecule has 0 saturated heterocycles. The SMILES string of the molecule is CCN(C)CCNCCN(CCNCCN(C)C(C)C)C(C)C. The molecule has 23 heavy (non-hydrogen) atoms. The van der Waals surface area contributed by atoms with E-state index in [0.29, 0.717) is 12.1 Å². The molecule has 0 aromatic heterocycles. The Morgan fingerprint density at radius 3 is 1.61 bits per heavy atom. The lowest BCUT2D eigenvalue weighted by Crippen LogP contribution is -2.43. The van der Waals surface area contributed by atoms with Crippen molar-refractivity contribution < 1.29 is 0 Å². The smallest absolute Gasteiger partial charge is 0.0110 e. The van der Waals surface area contributed by atoms with Crippen LogP contribution in [0.2, 0.25) is 0 Å². The zero-order chi connectivity index (χ0) is 17.7. The Morgan fingerprint density at radius 2 is 1.17 bits per heavy atom. The summed E-state index contributed by atoms with van der Waals surface area (Å²) in [5.74, 6) is 0. The molecular weight excluding hydrogens is 286 g/mol. The Labute approximate surface area is 145 Å². The summed E-state index contributed by atoms with van der Waals surface area (Å²) in [5.41, 5.74) is 0. The summed E-state index contributed by atoms with van der Waals surface area (Å²) in [6, 6.07) is 1.23. The fourth-order valence-corrected chi connectivity index (χ4v) is 2.27. The first-order valence-electron chi connectivity index (χ1n) is 9.42. The van der Waals surface area contributed by atoms with Crippen molar-refractivity contribution in [3.8, 4) is 0 Å². The maximum absolute atomic E-state index is 3.57. The third kappa shape index (κ3) is 12.8. The van der Waals surface area contributed by atoms with Crippen molar-refractivity contribution in [2.45, 2.75) is 46.7 Å². The van der Waals surface area contributed by atoms with E-state index >= 15 is 0 Å². The van der Waals surface area contributed by atoms with Gasteiger partial charge >= 0.3 is 0 Å². The number of hydrogen-bond donors (Lipinski definition) is 2. The number of nitrogens with one attached hydrogen (secondary N) is 2. The molecule has 0 atom stereocenters. The molecular formula is C18H43N5. The number of rotatable bonds is 15.